The van der Waals surface area contributed by atoms with Crippen LogP contribution in [0.3, 0.4) is 0 Å². The van der Waals surface area contributed by atoms with Gasteiger partial charge in [0.1, 0.15) is 5.75 Å². The normalized spacial score (nSPS) is 9.73. The van der Waals surface area contributed by atoms with E-state index in [1.807, 2.05) is 0 Å². The SMILES string of the molecule is COc1cc(O)c(F)c(Cl)c1. The van der Waals surface area contributed by atoms with Crippen LogP contribution in [0.1, 0.15) is 0 Å². The largest absolute Gasteiger partial charge is 0.505 e. The highest BCUT2D eigenvalue weighted by atomic mass is 35.5. The summed E-state index contributed by atoms with van der Waals surface area (Å²) in [6.07, 6.45) is 0. The zero-order valence-corrected chi connectivity index (χ0v) is 6.52. The molecule has 1 rings (SSSR count). The van der Waals surface area contributed by atoms with Crippen molar-refractivity contribution in [1.82, 2.24) is 0 Å². The third-order valence-corrected chi connectivity index (χ3v) is 1.49. The quantitative estimate of drug-likeness (QED) is 0.711. The fraction of sp³-hybridized carbons (Fsp3) is 0.143. The average Bonchev–Trinajstić information content (AvgIpc) is 1.99. The van der Waals surface area contributed by atoms with Gasteiger partial charge in [0.05, 0.1) is 12.1 Å². The molecule has 0 bridgehead atoms. The number of rotatable bonds is 1. The smallest absolute Gasteiger partial charge is 0.183 e. The van der Waals surface area contributed by atoms with Crippen LogP contribution in [0.2, 0.25) is 5.02 Å². The Kier molecular flexibility index (Phi) is 2.19. The number of hydrogen-bond donors (Lipinski definition) is 1. The molecule has 1 N–H and O–H groups in total. The van der Waals surface area contributed by atoms with Gasteiger partial charge in [0.25, 0.3) is 0 Å². The summed E-state index contributed by atoms with van der Waals surface area (Å²) in [4.78, 5) is 0. The predicted molar refractivity (Wildman–Crippen MR) is 39.6 cm³/mol. The lowest BCUT2D eigenvalue weighted by atomic mass is 10.3. The van der Waals surface area contributed by atoms with E-state index in [0.717, 1.165) is 6.07 Å². The minimum Gasteiger partial charge on any atom is -0.505 e. The van der Waals surface area contributed by atoms with Gasteiger partial charge in [-0.25, -0.2) is 4.39 Å². The molecule has 0 aliphatic heterocycles. The summed E-state index contributed by atoms with van der Waals surface area (Å²) in [6, 6.07) is 2.44. The lowest BCUT2D eigenvalue weighted by Crippen LogP contribution is -1.85. The molecule has 1 aromatic carbocycles. The van der Waals surface area contributed by atoms with Crippen molar-refractivity contribution < 1.29 is 14.2 Å². The topological polar surface area (TPSA) is 29.5 Å². The van der Waals surface area contributed by atoms with Crippen molar-refractivity contribution in [3.8, 4) is 11.5 Å². The fourth-order valence-corrected chi connectivity index (χ4v) is 0.873. The van der Waals surface area contributed by atoms with Crippen molar-refractivity contribution in [3.63, 3.8) is 0 Å². The summed E-state index contributed by atoms with van der Waals surface area (Å²) < 4.78 is 17.3. The third kappa shape index (κ3) is 1.54. The van der Waals surface area contributed by atoms with Crippen LogP contribution >= 0.6 is 11.6 Å². The van der Waals surface area contributed by atoms with E-state index in [9.17, 15) is 4.39 Å². The van der Waals surface area contributed by atoms with Gasteiger partial charge in [-0.3, -0.25) is 0 Å². The van der Waals surface area contributed by atoms with Gasteiger partial charge in [-0.1, -0.05) is 11.6 Å². The van der Waals surface area contributed by atoms with E-state index in [1.54, 1.807) is 0 Å². The molecule has 0 radical (unpaired) electrons. The standard InChI is InChI=1S/C7H6ClFO2/c1-11-4-2-5(8)7(9)6(10)3-4/h2-3,10H,1H3. The summed E-state index contributed by atoms with van der Waals surface area (Å²) in [5, 5.41) is 8.72. The third-order valence-electron chi connectivity index (χ3n) is 1.22. The average molecular weight is 177 g/mol. The van der Waals surface area contributed by atoms with Crippen molar-refractivity contribution in [3.05, 3.63) is 23.0 Å². The van der Waals surface area contributed by atoms with Crippen LogP contribution in [0.4, 0.5) is 4.39 Å². The first kappa shape index (κ1) is 8.14. The summed E-state index contributed by atoms with van der Waals surface area (Å²) >= 11 is 5.38. The number of halogens is 2. The van der Waals surface area contributed by atoms with E-state index in [0.29, 0.717) is 5.75 Å². The van der Waals surface area contributed by atoms with E-state index in [1.165, 1.54) is 13.2 Å². The van der Waals surface area contributed by atoms with E-state index < -0.39 is 11.6 Å². The van der Waals surface area contributed by atoms with Gasteiger partial charge >= 0.3 is 0 Å². The molecule has 0 aliphatic carbocycles. The number of phenolic OH excluding ortho intramolecular Hbond substituents is 1. The minimum atomic E-state index is -0.826. The lowest BCUT2D eigenvalue weighted by molar-refractivity contribution is 0.397. The fourth-order valence-electron chi connectivity index (χ4n) is 0.668. The van der Waals surface area contributed by atoms with Gasteiger partial charge in [0.15, 0.2) is 11.6 Å². The first-order chi connectivity index (χ1) is 5.15. The Bertz CT molecular complexity index is 252. The van der Waals surface area contributed by atoms with Crippen LogP contribution in [-0.4, -0.2) is 12.2 Å². The van der Waals surface area contributed by atoms with Gasteiger partial charge in [0, 0.05) is 12.1 Å². The van der Waals surface area contributed by atoms with E-state index in [4.69, 9.17) is 21.4 Å². The molecule has 0 saturated carbocycles. The molecule has 0 spiro atoms. The van der Waals surface area contributed by atoms with Crippen LogP contribution in [0.5, 0.6) is 11.5 Å². The number of phenols is 1. The molecular formula is C7H6ClFO2. The van der Waals surface area contributed by atoms with Crippen molar-refractivity contribution in [2.75, 3.05) is 7.11 Å². The van der Waals surface area contributed by atoms with Crippen LogP contribution in [-0.2, 0) is 0 Å². The van der Waals surface area contributed by atoms with Gasteiger partial charge in [-0.2, -0.15) is 0 Å². The predicted octanol–water partition coefficient (Wildman–Crippen LogP) is 2.19. The van der Waals surface area contributed by atoms with E-state index in [2.05, 4.69) is 0 Å². The van der Waals surface area contributed by atoms with E-state index >= 15 is 0 Å². The minimum absolute atomic E-state index is 0.151. The molecule has 0 atom stereocenters. The van der Waals surface area contributed by atoms with Crippen molar-refractivity contribution in [2.45, 2.75) is 0 Å². The molecule has 0 unspecified atom stereocenters. The maximum absolute atomic E-state index is 12.6. The number of ether oxygens (including phenoxy) is 1. The number of hydrogen-bond acceptors (Lipinski definition) is 2. The molecule has 1 aromatic rings. The number of aromatic hydroxyl groups is 1. The van der Waals surface area contributed by atoms with Crippen molar-refractivity contribution in [1.29, 1.82) is 0 Å². The van der Waals surface area contributed by atoms with Crippen LogP contribution in [0.15, 0.2) is 12.1 Å². The molecule has 60 valence electrons. The van der Waals surface area contributed by atoms with E-state index in [-0.39, 0.29) is 5.02 Å². The van der Waals surface area contributed by atoms with Gasteiger partial charge in [-0.15, -0.1) is 0 Å². The first-order valence-electron chi connectivity index (χ1n) is 2.87. The van der Waals surface area contributed by atoms with Gasteiger partial charge in [0.2, 0.25) is 0 Å². The maximum atomic E-state index is 12.6. The summed E-state index contributed by atoms with van der Waals surface area (Å²) in [5.74, 6) is -1.00. The second kappa shape index (κ2) is 2.96. The zero-order valence-electron chi connectivity index (χ0n) is 5.77. The van der Waals surface area contributed by atoms with Gasteiger partial charge < -0.3 is 9.84 Å². The Morgan fingerprint density at radius 3 is 2.64 bits per heavy atom. The lowest BCUT2D eigenvalue weighted by Gasteiger charge is -2.02. The Morgan fingerprint density at radius 1 is 1.55 bits per heavy atom. The molecule has 0 heterocycles. The van der Waals surface area contributed by atoms with Crippen molar-refractivity contribution in [2.24, 2.45) is 0 Å². The maximum Gasteiger partial charge on any atom is 0.183 e. The molecule has 0 fully saturated rings. The Balaban J connectivity index is 3.21. The molecule has 4 heteroatoms. The molecular weight excluding hydrogens is 171 g/mol. The van der Waals surface area contributed by atoms with Crippen LogP contribution in [0.25, 0.3) is 0 Å². The highest BCUT2D eigenvalue weighted by Crippen LogP contribution is 2.29. The Hall–Kier alpha value is -0.960. The molecule has 11 heavy (non-hydrogen) atoms. The second-order valence-electron chi connectivity index (χ2n) is 1.94. The monoisotopic (exact) mass is 176 g/mol. The summed E-state index contributed by atoms with van der Waals surface area (Å²) in [5.41, 5.74) is 0. The van der Waals surface area contributed by atoms with Gasteiger partial charge in [-0.05, 0) is 0 Å². The van der Waals surface area contributed by atoms with Crippen LogP contribution in [0, 0.1) is 5.82 Å². The van der Waals surface area contributed by atoms with Crippen LogP contribution < -0.4 is 4.74 Å². The molecule has 0 aromatic heterocycles. The highest BCUT2D eigenvalue weighted by molar-refractivity contribution is 6.31. The Morgan fingerprint density at radius 2 is 2.18 bits per heavy atom. The zero-order chi connectivity index (χ0) is 8.43. The summed E-state index contributed by atoms with van der Waals surface area (Å²) in [7, 11) is 1.41. The molecule has 2 nitrogen and oxygen atoms in total. The second-order valence-corrected chi connectivity index (χ2v) is 2.35. The number of benzene rings is 1. The number of methoxy groups -OCH3 is 1. The summed E-state index contributed by atoms with van der Waals surface area (Å²) in [6.45, 7) is 0. The first-order valence-corrected chi connectivity index (χ1v) is 3.25. The molecule has 0 aliphatic rings. The van der Waals surface area contributed by atoms with Crippen molar-refractivity contribution >= 4 is 11.6 Å². The Labute approximate surface area is 68.2 Å². The molecule has 0 amide bonds. The highest BCUT2D eigenvalue weighted by Gasteiger charge is 2.07. The molecule has 0 saturated heterocycles.